The standard InChI is InChI=1S/C25H24F2N6O/c1-32-24(14-31-34)21(13-30-32)15-2-3-23-20(10-15)25(33-6-4-19(28)5-7-33)22(12-29-23)16-8-17(26)11-18(27)9-16/h2-3,8-14,19,34H,4-7,28H2,1H3/b31-14+. The highest BCUT2D eigenvalue weighted by molar-refractivity contribution is 6.02. The first kappa shape index (κ1) is 22.0. The molecule has 4 aromatic rings. The van der Waals surface area contributed by atoms with Crippen LogP contribution >= 0.6 is 0 Å². The zero-order valence-electron chi connectivity index (χ0n) is 18.6. The minimum absolute atomic E-state index is 0.130. The van der Waals surface area contributed by atoms with Crippen molar-refractivity contribution in [3.05, 3.63) is 66.1 Å². The first-order chi connectivity index (χ1) is 16.4. The van der Waals surface area contributed by atoms with Crippen molar-refractivity contribution < 1.29 is 14.0 Å². The molecule has 5 rings (SSSR count). The predicted molar refractivity (Wildman–Crippen MR) is 128 cm³/mol. The number of fused-ring (bicyclic) bond motifs is 1. The summed E-state index contributed by atoms with van der Waals surface area (Å²) in [5.74, 6) is -1.28. The van der Waals surface area contributed by atoms with Crippen molar-refractivity contribution in [2.45, 2.75) is 18.9 Å². The van der Waals surface area contributed by atoms with Crippen molar-refractivity contribution in [2.75, 3.05) is 18.0 Å². The van der Waals surface area contributed by atoms with Crippen molar-refractivity contribution in [3.8, 4) is 22.3 Å². The number of halogens is 2. The SMILES string of the molecule is Cn1ncc(-c2ccc3ncc(-c4cc(F)cc(F)c4)c(N4CCC(N)CC4)c3c2)c1/C=N/O. The molecule has 0 aliphatic carbocycles. The molecule has 0 spiro atoms. The Labute approximate surface area is 195 Å². The number of piperidine rings is 1. The van der Waals surface area contributed by atoms with Gasteiger partial charge < -0.3 is 15.8 Å². The van der Waals surface area contributed by atoms with Crippen LogP contribution in [-0.2, 0) is 7.05 Å². The predicted octanol–water partition coefficient (Wildman–Crippen LogP) is 4.32. The number of oxime groups is 1. The van der Waals surface area contributed by atoms with Crippen molar-refractivity contribution in [1.29, 1.82) is 0 Å². The van der Waals surface area contributed by atoms with Crippen LogP contribution in [0.15, 0.2) is 53.9 Å². The van der Waals surface area contributed by atoms with Crippen LogP contribution in [0.3, 0.4) is 0 Å². The maximum atomic E-state index is 14.1. The van der Waals surface area contributed by atoms with Crippen molar-refractivity contribution >= 4 is 22.8 Å². The second-order valence-corrected chi connectivity index (χ2v) is 8.55. The van der Waals surface area contributed by atoms with Gasteiger partial charge in [0.2, 0.25) is 0 Å². The Balaban J connectivity index is 1.75. The largest absolute Gasteiger partial charge is 0.411 e. The third-order valence-corrected chi connectivity index (χ3v) is 6.34. The van der Waals surface area contributed by atoms with E-state index in [1.165, 1.54) is 18.3 Å². The molecule has 0 saturated carbocycles. The van der Waals surface area contributed by atoms with Crippen LogP contribution in [0.5, 0.6) is 0 Å². The Morgan fingerprint density at radius 3 is 2.47 bits per heavy atom. The lowest BCUT2D eigenvalue weighted by Gasteiger charge is -2.34. The monoisotopic (exact) mass is 462 g/mol. The fourth-order valence-electron chi connectivity index (χ4n) is 4.61. The normalized spacial score (nSPS) is 15.0. The fourth-order valence-corrected chi connectivity index (χ4v) is 4.61. The number of aromatic nitrogens is 3. The minimum Gasteiger partial charge on any atom is -0.411 e. The van der Waals surface area contributed by atoms with Gasteiger partial charge in [0.25, 0.3) is 0 Å². The third kappa shape index (κ3) is 3.99. The summed E-state index contributed by atoms with van der Waals surface area (Å²) in [6.07, 6.45) is 6.36. The Kier molecular flexibility index (Phi) is 5.70. The van der Waals surface area contributed by atoms with Gasteiger partial charge in [0.15, 0.2) is 0 Å². The van der Waals surface area contributed by atoms with Crippen LogP contribution in [0.25, 0.3) is 33.2 Å². The second kappa shape index (κ2) is 8.83. The quantitative estimate of drug-likeness (QED) is 0.268. The van der Waals surface area contributed by atoms with E-state index in [0.29, 0.717) is 16.8 Å². The summed E-state index contributed by atoms with van der Waals surface area (Å²) >= 11 is 0. The molecule has 1 fully saturated rings. The Morgan fingerprint density at radius 2 is 1.76 bits per heavy atom. The summed E-state index contributed by atoms with van der Waals surface area (Å²) in [5, 5.41) is 17.4. The smallest absolute Gasteiger partial charge is 0.126 e. The molecule has 7 nitrogen and oxygen atoms in total. The second-order valence-electron chi connectivity index (χ2n) is 8.55. The molecule has 3 N–H and O–H groups in total. The lowest BCUT2D eigenvalue weighted by molar-refractivity contribution is 0.321. The molecule has 9 heteroatoms. The molecule has 0 bridgehead atoms. The molecular weight excluding hydrogens is 438 g/mol. The molecule has 2 aromatic carbocycles. The molecule has 0 unspecified atom stereocenters. The molecule has 1 aliphatic heterocycles. The number of nitrogens with zero attached hydrogens (tertiary/aromatic N) is 5. The third-order valence-electron chi connectivity index (χ3n) is 6.34. The fraction of sp³-hybridized carbons (Fsp3) is 0.240. The lowest BCUT2D eigenvalue weighted by Crippen LogP contribution is -2.40. The van der Waals surface area contributed by atoms with E-state index >= 15 is 0 Å². The number of benzene rings is 2. The van der Waals surface area contributed by atoms with Gasteiger partial charge in [-0.1, -0.05) is 11.2 Å². The Bertz CT molecular complexity index is 1370. The van der Waals surface area contributed by atoms with E-state index in [-0.39, 0.29) is 6.04 Å². The van der Waals surface area contributed by atoms with Crippen molar-refractivity contribution in [3.63, 3.8) is 0 Å². The summed E-state index contributed by atoms with van der Waals surface area (Å²) < 4.78 is 29.9. The summed E-state index contributed by atoms with van der Waals surface area (Å²) in [6.45, 7) is 1.45. The molecule has 174 valence electrons. The lowest BCUT2D eigenvalue weighted by atomic mass is 9.96. The average Bonchev–Trinajstić information content (AvgIpc) is 3.18. The summed E-state index contributed by atoms with van der Waals surface area (Å²) in [6, 6.07) is 9.48. The number of hydrogen-bond donors (Lipinski definition) is 2. The average molecular weight is 463 g/mol. The van der Waals surface area contributed by atoms with Crippen LogP contribution in [0.2, 0.25) is 0 Å². The molecule has 2 aromatic heterocycles. The number of anilines is 1. The van der Waals surface area contributed by atoms with Crippen LogP contribution in [0.4, 0.5) is 14.5 Å². The molecule has 1 saturated heterocycles. The molecule has 1 aliphatic rings. The van der Waals surface area contributed by atoms with E-state index in [9.17, 15) is 8.78 Å². The first-order valence-electron chi connectivity index (χ1n) is 11.0. The van der Waals surface area contributed by atoms with Gasteiger partial charge >= 0.3 is 0 Å². The van der Waals surface area contributed by atoms with Crippen molar-refractivity contribution in [1.82, 2.24) is 14.8 Å². The van der Waals surface area contributed by atoms with Crippen LogP contribution in [-0.4, -0.2) is 45.3 Å². The van der Waals surface area contributed by atoms with Gasteiger partial charge in [0.05, 0.1) is 29.3 Å². The van der Waals surface area contributed by atoms with Crippen LogP contribution in [0.1, 0.15) is 18.5 Å². The highest BCUT2D eigenvalue weighted by Crippen LogP contribution is 2.40. The number of aryl methyl sites for hydroxylation is 1. The van der Waals surface area contributed by atoms with Gasteiger partial charge in [0.1, 0.15) is 11.6 Å². The van der Waals surface area contributed by atoms with E-state index in [1.807, 2.05) is 18.2 Å². The van der Waals surface area contributed by atoms with Gasteiger partial charge in [-0.25, -0.2) is 8.78 Å². The number of nitrogens with two attached hydrogens (primary N) is 1. The van der Waals surface area contributed by atoms with E-state index in [2.05, 4.69) is 20.1 Å². The highest BCUT2D eigenvalue weighted by Gasteiger charge is 2.23. The van der Waals surface area contributed by atoms with Gasteiger partial charge in [-0.3, -0.25) is 9.67 Å². The van der Waals surface area contributed by atoms with Crippen LogP contribution in [0, 0.1) is 11.6 Å². The molecule has 0 radical (unpaired) electrons. The van der Waals surface area contributed by atoms with Crippen LogP contribution < -0.4 is 10.6 Å². The number of rotatable bonds is 4. The Morgan fingerprint density at radius 1 is 1.03 bits per heavy atom. The molecule has 34 heavy (non-hydrogen) atoms. The van der Waals surface area contributed by atoms with Crippen molar-refractivity contribution in [2.24, 2.45) is 17.9 Å². The zero-order valence-corrected chi connectivity index (χ0v) is 18.6. The molecule has 0 atom stereocenters. The molecular formula is C25H24F2N6O. The van der Waals surface area contributed by atoms with E-state index < -0.39 is 11.6 Å². The maximum absolute atomic E-state index is 14.1. The number of pyridine rings is 1. The maximum Gasteiger partial charge on any atom is 0.126 e. The summed E-state index contributed by atoms with van der Waals surface area (Å²) in [7, 11) is 1.77. The van der Waals surface area contributed by atoms with E-state index in [4.69, 9.17) is 10.9 Å². The number of hydrogen-bond acceptors (Lipinski definition) is 6. The van der Waals surface area contributed by atoms with Gasteiger partial charge in [0, 0.05) is 55.0 Å². The molecule has 3 heterocycles. The minimum atomic E-state index is -0.640. The Hall–Kier alpha value is -3.85. The van der Waals surface area contributed by atoms with E-state index in [1.54, 1.807) is 24.1 Å². The highest BCUT2D eigenvalue weighted by atomic mass is 19.1. The van der Waals surface area contributed by atoms with Gasteiger partial charge in [-0.15, -0.1) is 0 Å². The van der Waals surface area contributed by atoms with E-state index in [0.717, 1.165) is 59.7 Å². The topological polar surface area (TPSA) is 92.6 Å². The van der Waals surface area contributed by atoms with Gasteiger partial charge in [-0.2, -0.15) is 5.10 Å². The molecule has 0 amide bonds. The zero-order chi connectivity index (χ0) is 23.8. The van der Waals surface area contributed by atoms with Gasteiger partial charge in [-0.05, 0) is 48.2 Å². The first-order valence-corrected chi connectivity index (χ1v) is 11.0. The summed E-state index contributed by atoms with van der Waals surface area (Å²) in [4.78, 5) is 6.82. The summed E-state index contributed by atoms with van der Waals surface area (Å²) in [5.41, 5.74) is 11.1.